The van der Waals surface area contributed by atoms with Gasteiger partial charge in [-0.3, -0.25) is 0 Å². The molecule has 0 radical (unpaired) electrons. The summed E-state index contributed by atoms with van der Waals surface area (Å²) >= 11 is 3.19. The van der Waals surface area contributed by atoms with Crippen molar-refractivity contribution in [3.63, 3.8) is 0 Å². The van der Waals surface area contributed by atoms with E-state index in [-0.39, 0.29) is 18.0 Å². The van der Waals surface area contributed by atoms with Crippen LogP contribution >= 0.6 is 15.9 Å². The van der Waals surface area contributed by atoms with Crippen LogP contribution in [0.5, 0.6) is 0 Å². The minimum absolute atomic E-state index is 0.0522. The molecule has 3 atom stereocenters. The highest BCUT2D eigenvalue weighted by atomic mass is 79.9. The van der Waals surface area contributed by atoms with E-state index in [4.69, 9.17) is 4.74 Å². The Hall–Kier alpha value is -0.920. The van der Waals surface area contributed by atoms with Gasteiger partial charge in [0, 0.05) is 0 Å². The predicted octanol–water partition coefficient (Wildman–Crippen LogP) is 3.59. The molecule has 2 aliphatic rings. The summed E-state index contributed by atoms with van der Waals surface area (Å²) in [4.78, 5) is 0. The maximum absolute atomic E-state index is 13.2. The standard InChI is InChI=1S/C14H13BrFNO/c15-11-5-9(1-3-12(11)16)6-14(8-17)7-10-2-4-13(14)18-10/h1,3,5,10,13H,2,4,6-7H2. The highest BCUT2D eigenvalue weighted by Gasteiger charge is 2.52. The predicted molar refractivity (Wildman–Crippen MR) is 68.4 cm³/mol. The largest absolute Gasteiger partial charge is 0.373 e. The van der Waals surface area contributed by atoms with Crippen molar-refractivity contribution in [3.8, 4) is 6.07 Å². The molecule has 0 aliphatic carbocycles. The fourth-order valence-corrected chi connectivity index (χ4v) is 3.58. The summed E-state index contributed by atoms with van der Waals surface area (Å²) in [6.07, 6.45) is 3.80. The second-order valence-electron chi connectivity index (χ2n) is 5.22. The zero-order valence-corrected chi connectivity index (χ0v) is 11.4. The Bertz CT molecular complexity index is 527. The lowest BCUT2D eigenvalue weighted by Gasteiger charge is -2.28. The van der Waals surface area contributed by atoms with Crippen molar-refractivity contribution in [3.05, 3.63) is 34.1 Å². The van der Waals surface area contributed by atoms with E-state index in [1.54, 1.807) is 12.1 Å². The van der Waals surface area contributed by atoms with Crippen molar-refractivity contribution in [2.75, 3.05) is 0 Å². The Labute approximate surface area is 114 Å². The molecule has 2 aliphatic heterocycles. The van der Waals surface area contributed by atoms with Crippen LogP contribution < -0.4 is 0 Å². The Morgan fingerprint density at radius 2 is 2.33 bits per heavy atom. The fourth-order valence-electron chi connectivity index (χ4n) is 3.16. The van der Waals surface area contributed by atoms with Crippen molar-refractivity contribution in [2.24, 2.45) is 5.41 Å². The van der Waals surface area contributed by atoms with E-state index in [2.05, 4.69) is 22.0 Å². The van der Waals surface area contributed by atoms with Crippen LogP contribution in [0.2, 0.25) is 0 Å². The number of fused-ring (bicyclic) bond motifs is 2. The van der Waals surface area contributed by atoms with Crippen molar-refractivity contribution in [2.45, 2.75) is 37.9 Å². The Balaban J connectivity index is 1.87. The van der Waals surface area contributed by atoms with Crippen LogP contribution in [-0.2, 0) is 11.2 Å². The molecule has 3 unspecified atom stereocenters. The first-order valence-electron chi connectivity index (χ1n) is 6.14. The lowest BCUT2D eigenvalue weighted by molar-refractivity contribution is 0.0787. The molecule has 0 saturated carbocycles. The van der Waals surface area contributed by atoms with Crippen molar-refractivity contribution in [1.29, 1.82) is 5.26 Å². The van der Waals surface area contributed by atoms with Crippen LogP contribution in [0.1, 0.15) is 24.8 Å². The molecule has 0 spiro atoms. The van der Waals surface area contributed by atoms with Crippen LogP contribution in [0, 0.1) is 22.6 Å². The number of halogens is 2. The normalized spacial score (nSPS) is 33.6. The summed E-state index contributed by atoms with van der Waals surface area (Å²) < 4.78 is 19.5. The number of ether oxygens (including phenoxy) is 1. The van der Waals surface area contributed by atoms with Crippen molar-refractivity contribution in [1.82, 2.24) is 0 Å². The van der Waals surface area contributed by atoms with E-state index in [9.17, 15) is 9.65 Å². The van der Waals surface area contributed by atoms with Crippen LogP contribution in [0.3, 0.4) is 0 Å². The molecule has 0 amide bonds. The number of nitriles is 1. The summed E-state index contributed by atoms with van der Waals surface area (Å²) in [6, 6.07) is 7.42. The molecular weight excluding hydrogens is 297 g/mol. The van der Waals surface area contributed by atoms with Gasteiger partial charge in [-0.25, -0.2) is 4.39 Å². The van der Waals surface area contributed by atoms with Gasteiger partial charge in [-0.1, -0.05) is 6.07 Å². The van der Waals surface area contributed by atoms with E-state index in [1.807, 2.05) is 0 Å². The molecule has 1 aromatic carbocycles. The van der Waals surface area contributed by atoms with Gasteiger partial charge in [0.1, 0.15) is 5.82 Å². The van der Waals surface area contributed by atoms with E-state index >= 15 is 0 Å². The lowest BCUT2D eigenvalue weighted by Crippen LogP contribution is -2.33. The topological polar surface area (TPSA) is 33.0 Å². The molecule has 2 saturated heterocycles. The second kappa shape index (κ2) is 4.32. The second-order valence-corrected chi connectivity index (χ2v) is 6.08. The van der Waals surface area contributed by atoms with E-state index in [1.165, 1.54) is 6.07 Å². The molecule has 2 fully saturated rings. The zero-order chi connectivity index (χ0) is 12.8. The van der Waals surface area contributed by atoms with Gasteiger partial charge in [-0.05, 0) is 59.3 Å². The van der Waals surface area contributed by atoms with Crippen molar-refractivity contribution < 1.29 is 9.13 Å². The maximum Gasteiger partial charge on any atom is 0.137 e. The Kier molecular flexibility index (Phi) is 2.91. The summed E-state index contributed by atoms with van der Waals surface area (Å²) in [6.45, 7) is 0. The third-order valence-electron chi connectivity index (χ3n) is 4.04. The number of rotatable bonds is 2. The number of benzene rings is 1. The minimum atomic E-state index is -0.416. The van der Waals surface area contributed by atoms with Gasteiger partial charge >= 0.3 is 0 Å². The van der Waals surface area contributed by atoms with Gasteiger partial charge in [0.2, 0.25) is 0 Å². The third kappa shape index (κ3) is 1.86. The first kappa shape index (κ1) is 12.1. The third-order valence-corrected chi connectivity index (χ3v) is 4.65. The summed E-state index contributed by atoms with van der Waals surface area (Å²) in [5.41, 5.74) is 0.571. The molecule has 0 N–H and O–H groups in total. The molecular formula is C14H13BrFNO. The first-order chi connectivity index (χ1) is 8.63. The van der Waals surface area contributed by atoms with Crippen LogP contribution in [0.25, 0.3) is 0 Å². The molecule has 94 valence electrons. The molecule has 3 rings (SSSR count). The molecule has 0 aromatic heterocycles. The number of hydrogen-bond acceptors (Lipinski definition) is 2. The summed E-state index contributed by atoms with van der Waals surface area (Å²) in [7, 11) is 0. The smallest absolute Gasteiger partial charge is 0.137 e. The van der Waals surface area contributed by atoms with Crippen LogP contribution in [-0.4, -0.2) is 12.2 Å². The van der Waals surface area contributed by atoms with Crippen LogP contribution in [0.4, 0.5) is 4.39 Å². The van der Waals surface area contributed by atoms with Crippen LogP contribution in [0.15, 0.2) is 22.7 Å². The molecule has 18 heavy (non-hydrogen) atoms. The van der Waals surface area contributed by atoms with Gasteiger partial charge in [0.25, 0.3) is 0 Å². The van der Waals surface area contributed by atoms with E-state index in [0.29, 0.717) is 10.9 Å². The summed E-state index contributed by atoms with van der Waals surface area (Å²) in [5, 5.41) is 9.51. The number of hydrogen-bond donors (Lipinski definition) is 0. The minimum Gasteiger partial charge on any atom is -0.373 e. The van der Waals surface area contributed by atoms with Gasteiger partial charge in [-0.15, -0.1) is 0 Å². The first-order valence-corrected chi connectivity index (χ1v) is 6.93. The monoisotopic (exact) mass is 309 g/mol. The SMILES string of the molecule is N#CC1(Cc2ccc(F)c(Br)c2)CC2CCC1O2. The van der Waals surface area contributed by atoms with Gasteiger partial charge in [0.05, 0.1) is 28.2 Å². The molecule has 1 aromatic rings. The molecule has 4 heteroatoms. The number of nitrogens with zero attached hydrogens (tertiary/aromatic N) is 1. The van der Waals surface area contributed by atoms with E-state index < -0.39 is 5.41 Å². The lowest BCUT2D eigenvalue weighted by atomic mass is 9.71. The van der Waals surface area contributed by atoms with Crippen molar-refractivity contribution >= 4 is 15.9 Å². The molecule has 2 bridgehead atoms. The quantitative estimate of drug-likeness (QED) is 0.836. The molecule has 2 nitrogen and oxygen atoms in total. The highest BCUT2D eigenvalue weighted by Crippen LogP contribution is 2.49. The zero-order valence-electron chi connectivity index (χ0n) is 9.83. The Morgan fingerprint density at radius 1 is 1.50 bits per heavy atom. The van der Waals surface area contributed by atoms with E-state index in [0.717, 1.165) is 24.8 Å². The molecule has 2 heterocycles. The maximum atomic E-state index is 13.2. The Morgan fingerprint density at radius 3 is 2.89 bits per heavy atom. The summed E-state index contributed by atoms with van der Waals surface area (Å²) in [5.74, 6) is -0.269. The average molecular weight is 310 g/mol. The average Bonchev–Trinajstić information content (AvgIpc) is 2.94. The highest BCUT2D eigenvalue weighted by molar-refractivity contribution is 9.10. The van der Waals surface area contributed by atoms with Gasteiger partial charge in [0.15, 0.2) is 0 Å². The van der Waals surface area contributed by atoms with Gasteiger partial charge < -0.3 is 4.74 Å². The van der Waals surface area contributed by atoms with Gasteiger partial charge in [-0.2, -0.15) is 5.26 Å². The fraction of sp³-hybridized carbons (Fsp3) is 0.500.